The average molecular weight is 366 g/mol. The van der Waals surface area contributed by atoms with Crippen LogP contribution in [0.3, 0.4) is 0 Å². The lowest BCUT2D eigenvalue weighted by Crippen LogP contribution is -2.40. The molecule has 2 aliphatic rings. The Morgan fingerprint density at radius 3 is 2.42 bits per heavy atom. The van der Waals surface area contributed by atoms with E-state index >= 15 is 0 Å². The molecule has 1 saturated heterocycles. The van der Waals surface area contributed by atoms with Crippen LogP contribution >= 0.6 is 0 Å². The van der Waals surface area contributed by atoms with E-state index in [2.05, 4.69) is 10.1 Å². The maximum atomic E-state index is 12.6. The lowest BCUT2D eigenvalue weighted by atomic mass is 9.88. The Kier molecular flexibility index (Phi) is 6.06. The molecule has 26 heavy (non-hydrogen) atoms. The second-order valence-corrected chi connectivity index (χ2v) is 6.98. The van der Waals surface area contributed by atoms with Gasteiger partial charge in [-0.25, -0.2) is 0 Å². The highest BCUT2D eigenvalue weighted by Crippen LogP contribution is 2.27. The molecule has 1 aliphatic carbocycles. The summed E-state index contributed by atoms with van der Waals surface area (Å²) in [7, 11) is 0. The average Bonchev–Trinajstić information content (AvgIpc) is 3.10. The molecule has 1 atom stereocenters. The topological polar surface area (TPSA) is 58.6 Å². The number of rotatable bonds is 5. The van der Waals surface area contributed by atoms with Gasteiger partial charge in [0, 0.05) is 30.6 Å². The minimum atomic E-state index is -2.89. The summed E-state index contributed by atoms with van der Waals surface area (Å²) in [4.78, 5) is 26.7. The maximum Gasteiger partial charge on any atom is 0.387 e. The molecule has 142 valence electrons. The zero-order valence-corrected chi connectivity index (χ0v) is 14.6. The Hall–Kier alpha value is -2.18. The van der Waals surface area contributed by atoms with Crippen molar-refractivity contribution in [2.45, 2.75) is 51.2 Å². The summed E-state index contributed by atoms with van der Waals surface area (Å²) in [5, 5.41) is 2.92. The fourth-order valence-corrected chi connectivity index (χ4v) is 3.74. The molecule has 2 fully saturated rings. The Bertz CT molecular complexity index is 630. The summed E-state index contributed by atoms with van der Waals surface area (Å²) in [5.41, 5.74) is 0.378. The van der Waals surface area contributed by atoms with E-state index in [1.165, 1.54) is 30.7 Å². The quantitative estimate of drug-likeness (QED) is 0.871. The molecule has 0 spiro atoms. The monoisotopic (exact) mass is 366 g/mol. The fraction of sp³-hybridized carbons (Fsp3) is 0.579. The molecule has 1 aliphatic heterocycles. The summed E-state index contributed by atoms with van der Waals surface area (Å²) >= 11 is 0. The van der Waals surface area contributed by atoms with Gasteiger partial charge in [-0.1, -0.05) is 19.3 Å². The van der Waals surface area contributed by atoms with Gasteiger partial charge >= 0.3 is 6.61 Å². The molecule has 1 unspecified atom stereocenters. The molecule has 2 amide bonds. The number of hydrogen-bond donors (Lipinski definition) is 1. The Morgan fingerprint density at radius 2 is 1.77 bits per heavy atom. The number of alkyl halides is 2. The minimum Gasteiger partial charge on any atom is -0.435 e. The predicted octanol–water partition coefficient (Wildman–Crippen LogP) is 3.20. The number of amides is 2. The molecule has 1 saturated carbocycles. The lowest BCUT2D eigenvalue weighted by Gasteiger charge is -2.26. The largest absolute Gasteiger partial charge is 0.435 e. The molecular weight excluding hydrogens is 342 g/mol. The lowest BCUT2D eigenvalue weighted by molar-refractivity contribution is -0.135. The number of nitrogens with zero attached hydrogens (tertiary/aromatic N) is 1. The van der Waals surface area contributed by atoms with Gasteiger partial charge in [-0.2, -0.15) is 8.78 Å². The maximum absolute atomic E-state index is 12.6. The summed E-state index contributed by atoms with van der Waals surface area (Å²) < 4.78 is 28.6. The van der Waals surface area contributed by atoms with Crippen LogP contribution in [0.15, 0.2) is 24.3 Å². The van der Waals surface area contributed by atoms with Crippen molar-refractivity contribution < 1.29 is 23.1 Å². The van der Waals surface area contributed by atoms with Gasteiger partial charge in [0.2, 0.25) is 5.91 Å². The Morgan fingerprint density at radius 1 is 1.08 bits per heavy atom. The summed E-state index contributed by atoms with van der Waals surface area (Å²) in [5.74, 6) is 0.0998. The van der Waals surface area contributed by atoms with E-state index in [0.29, 0.717) is 18.7 Å². The third-order valence-electron chi connectivity index (χ3n) is 5.13. The molecule has 1 N–H and O–H groups in total. The van der Waals surface area contributed by atoms with Crippen molar-refractivity contribution in [3.05, 3.63) is 29.8 Å². The van der Waals surface area contributed by atoms with Gasteiger partial charge < -0.3 is 15.0 Å². The van der Waals surface area contributed by atoms with E-state index < -0.39 is 6.61 Å². The first-order chi connectivity index (χ1) is 12.5. The van der Waals surface area contributed by atoms with Crippen molar-refractivity contribution in [1.82, 2.24) is 10.2 Å². The standard InChI is InChI=1S/C19H24F2N2O3/c20-19(21)26-16-8-6-13(7-9-16)17(24)22-15-10-11-23(12-15)18(25)14-4-2-1-3-5-14/h6-9,14-15,19H,1-5,10-12H2,(H,22,24). The van der Waals surface area contributed by atoms with Gasteiger partial charge in [0.1, 0.15) is 5.75 Å². The molecule has 0 bridgehead atoms. The number of hydrogen-bond acceptors (Lipinski definition) is 3. The van der Waals surface area contributed by atoms with Crippen LogP contribution in [0.4, 0.5) is 8.78 Å². The first-order valence-electron chi connectivity index (χ1n) is 9.17. The van der Waals surface area contributed by atoms with E-state index in [9.17, 15) is 18.4 Å². The van der Waals surface area contributed by atoms with Gasteiger partial charge in [-0.3, -0.25) is 9.59 Å². The van der Waals surface area contributed by atoms with Crippen LogP contribution < -0.4 is 10.1 Å². The minimum absolute atomic E-state index is 0.0154. The van der Waals surface area contributed by atoms with Crippen molar-refractivity contribution >= 4 is 11.8 Å². The number of benzene rings is 1. The number of nitrogens with one attached hydrogen (secondary N) is 1. The molecular formula is C19H24F2N2O3. The van der Waals surface area contributed by atoms with E-state index in [4.69, 9.17) is 0 Å². The van der Waals surface area contributed by atoms with Crippen LogP contribution in [0.25, 0.3) is 0 Å². The zero-order chi connectivity index (χ0) is 18.5. The molecule has 1 aromatic carbocycles. The molecule has 0 radical (unpaired) electrons. The molecule has 0 aromatic heterocycles. The highest BCUT2D eigenvalue weighted by Gasteiger charge is 2.32. The molecule has 1 aromatic rings. The van der Waals surface area contributed by atoms with Crippen molar-refractivity contribution in [2.75, 3.05) is 13.1 Å². The summed E-state index contributed by atoms with van der Waals surface area (Å²) in [6, 6.07) is 5.51. The van der Waals surface area contributed by atoms with Crippen molar-refractivity contribution in [3.63, 3.8) is 0 Å². The molecule has 3 rings (SSSR count). The number of carbonyl (C=O) groups excluding carboxylic acids is 2. The number of ether oxygens (including phenoxy) is 1. The van der Waals surface area contributed by atoms with E-state index in [1.807, 2.05) is 4.90 Å². The van der Waals surface area contributed by atoms with E-state index in [1.54, 1.807) is 0 Å². The van der Waals surface area contributed by atoms with E-state index in [0.717, 1.165) is 32.1 Å². The fourth-order valence-electron chi connectivity index (χ4n) is 3.74. The summed E-state index contributed by atoms with van der Waals surface area (Å²) in [6.45, 7) is -1.68. The Balaban J connectivity index is 1.50. The number of carbonyl (C=O) groups is 2. The van der Waals surface area contributed by atoms with Crippen LogP contribution in [0.2, 0.25) is 0 Å². The van der Waals surface area contributed by atoms with Crippen LogP contribution in [-0.2, 0) is 4.79 Å². The van der Waals surface area contributed by atoms with Crippen LogP contribution in [0.5, 0.6) is 5.75 Å². The third kappa shape index (κ3) is 4.71. The molecule has 7 heteroatoms. The van der Waals surface area contributed by atoms with Gasteiger partial charge in [0.15, 0.2) is 0 Å². The Labute approximate surface area is 151 Å². The van der Waals surface area contributed by atoms with Crippen LogP contribution in [-0.4, -0.2) is 42.5 Å². The van der Waals surface area contributed by atoms with Crippen LogP contribution in [0.1, 0.15) is 48.9 Å². The van der Waals surface area contributed by atoms with Gasteiger partial charge in [-0.15, -0.1) is 0 Å². The molecule has 5 nitrogen and oxygen atoms in total. The van der Waals surface area contributed by atoms with Gasteiger partial charge in [0.25, 0.3) is 5.91 Å². The highest BCUT2D eigenvalue weighted by atomic mass is 19.3. The van der Waals surface area contributed by atoms with Gasteiger partial charge in [-0.05, 0) is 43.5 Å². The summed E-state index contributed by atoms with van der Waals surface area (Å²) in [6.07, 6.45) is 6.13. The SMILES string of the molecule is O=C(NC1CCN(C(=O)C2CCCCC2)C1)c1ccc(OC(F)F)cc1. The smallest absolute Gasteiger partial charge is 0.387 e. The van der Waals surface area contributed by atoms with Crippen molar-refractivity contribution in [2.24, 2.45) is 5.92 Å². The second kappa shape index (κ2) is 8.47. The first kappa shape index (κ1) is 18.6. The van der Waals surface area contributed by atoms with E-state index in [-0.39, 0.29) is 29.5 Å². The zero-order valence-electron chi connectivity index (χ0n) is 14.6. The van der Waals surface area contributed by atoms with Crippen LogP contribution in [0, 0.1) is 5.92 Å². The van der Waals surface area contributed by atoms with Crippen molar-refractivity contribution in [1.29, 1.82) is 0 Å². The third-order valence-corrected chi connectivity index (χ3v) is 5.13. The first-order valence-corrected chi connectivity index (χ1v) is 9.17. The van der Waals surface area contributed by atoms with Crippen molar-refractivity contribution in [3.8, 4) is 5.75 Å². The van der Waals surface area contributed by atoms with Gasteiger partial charge in [0.05, 0.1) is 0 Å². The normalized spacial score (nSPS) is 21.0. The second-order valence-electron chi connectivity index (χ2n) is 6.98. The highest BCUT2D eigenvalue weighted by molar-refractivity contribution is 5.94. The molecule has 1 heterocycles. The predicted molar refractivity (Wildman–Crippen MR) is 92.1 cm³/mol. The number of likely N-dealkylation sites (tertiary alicyclic amines) is 1. The number of halogens is 2.